The summed E-state index contributed by atoms with van der Waals surface area (Å²) in [5.74, 6) is 0. The molecule has 0 radical (unpaired) electrons. The monoisotopic (exact) mass is 257 g/mol. The van der Waals surface area contributed by atoms with Crippen molar-refractivity contribution in [3.05, 3.63) is 16.9 Å². The molecule has 2 heterocycles. The van der Waals surface area contributed by atoms with Gasteiger partial charge >= 0.3 is 0 Å². The van der Waals surface area contributed by atoms with Crippen LogP contribution in [0.2, 0.25) is 0 Å². The zero-order chi connectivity index (χ0) is 10.3. The number of hydrogen-bond donors (Lipinski definition) is 0. The molecule has 0 bridgehead atoms. The van der Waals surface area contributed by atoms with E-state index in [0.29, 0.717) is 6.04 Å². The van der Waals surface area contributed by atoms with E-state index in [1.807, 2.05) is 12.3 Å². The molecule has 4 heteroatoms. The standard InChI is InChI=1S/C10H16BrN3/c1-10(2,3)13-6-8(7-13)14-9(11)4-5-12-14/h4-5,8H,6-7H2,1-3H3. The summed E-state index contributed by atoms with van der Waals surface area (Å²) >= 11 is 3.49. The highest BCUT2D eigenvalue weighted by molar-refractivity contribution is 9.10. The number of aromatic nitrogens is 2. The molecule has 0 spiro atoms. The molecular weight excluding hydrogens is 242 g/mol. The van der Waals surface area contributed by atoms with Gasteiger partial charge in [0.2, 0.25) is 0 Å². The van der Waals surface area contributed by atoms with Crippen molar-refractivity contribution >= 4 is 15.9 Å². The smallest absolute Gasteiger partial charge is 0.104 e. The Morgan fingerprint density at radius 2 is 2.07 bits per heavy atom. The Balaban J connectivity index is 1.99. The zero-order valence-electron chi connectivity index (χ0n) is 8.87. The zero-order valence-corrected chi connectivity index (χ0v) is 10.5. The maximum absolute atomic E-state index is 4.30. The third kappa shape index (κ3) is 1.73. The molecule has 14 heavy (non-hydrogen) atoms. The Kier molecular flexibility index (Phi) is 2.43. The van der Waals surface area contributed by atoms with Crippen molar-refractivity contribution in [2.45, 2.75) is 32.4 Å². The number of hydrogen-bond acceptors (Lipinski definition) is 2. The lowest BCUT2D eigenvalue weighted by atomic mass is 9.98. The Hall–Kier alpha value is -0.350. The number of nitrogens with zero attached hydrogens (tertiary/aromatic N) is 3. The molecule has 0 aromatic carbocycles. The van der Waals surface area contributed by atoms with Gasteiger partial charge in [-0.2, -0.15) is 5.10 Å². The van der Waals surface area contributed by atoms with Crippen molar-refractivity contribution in [3.63, 3.8) is 0 Å². The van der Waals surface area contributed by atoms with Crippen molar-refractivity contribution < 1.29 is 0 Å². The highest BCUT2D eigenvalue weighted by Gasteiger charge is 2.36. The average Bonchev–Trinajstić information content (AvgIpc) is 2.30. The van der Waals surface area contributed by atoms with Crippen molar-refractivity contribution in [2.24, 2.45) is 0 Å². The van der Waals surface area contributed by atoms with E-state index >= 15 is 0 Å². The van der Waals surface area contributed by atoms with Gasteiger partial charge in [-0.3, -0.25) is 9.58 Å². The van der Waals surface area contributed by atoms with Gasteiger partial charge in [0.1, 0.15) is 4.60 Å². The lowest BCUT2D eigenvalue weighted by Crippen LogP contribution is -2.56. The van der Waals surface area contributed by atoms with E-state index in [2.05, 4.69) is 51.4 Å². The van der Waals surface area contributed by atoms with Gasteiger partial charge in [0.05, 0.1) is 12.2 Å². The second kappa shape index (κ2) is 3.35. The first-order valence-corrected chi connectivity index (χ1v) is 5.72. The number of halogens is 1. The van der Waals surface area contributed by atoms with Gasteiger partial charge in [0.25, 0.3) is 0 Å². The molecule has 0 saturated carbocycles. The fraction of sp³-hybridized carbons (Fsp3) is 0.700. The summed E-state index contributed by atoms with van der Waals surface area (Å²) in [7, 11) is 0. The predicted octanol–water partition coefficient (Wildman–Crippen LogP) is 2.30. The Labute approximate surface area is 93.2 Å². The van der Waals surface area contributed by atoms with Crippen LogP contribution < -0.4 is 0 Å². The van der Waals surface area contributed by atoms with Gasteiger partial charge in [-0.25, -0.2) is 0 Å². The summed E-state index contributed by atoms with van der Waals surface area (Å²) < 4.78 is 3.14. The van der Waals surface area contributed by atoms with E-state index in [4.69, 9.17) is 0 Å². The molecule has 0 unspecified atom stereocenters. The summed E-state index contributed by atoms with van der Waals surface area (Å²) in [4.78, 5) is 2.46. The topological polar surface area (TPSA) is 21.1 Å². The summed E-state index contributed by atoms with van der Waals surface area (Å²) in [6.07, 6.45) is 1.84. The largest absolute Gasteiger partial charge is 0.294 e. The van der Waals surface area contributed by atoms with Crippen LogP contribution in [-0.2, 0) is 0 Å². The van der Waals surface area contributed by atoms with Crippen LogP contribution in [0.15, 0.2) is 16.9 Å². The molecule has 0 atom stereocenters. The minimum atomic E-state index is 0.288. The summed E-state index contributed by atoms with van der Waals surface area (Å²) in [6, 6.07) is 2.53. The van der Waals surface area contributed by atoms with Crippen LogP contribution >= 0.6 is 15.9 Å². The third-order valence-electron chi connectivity index (χ3n) is 2.78. The lowest BCUT2D eigenvalue weighted by Gasteiger charge is -2.47. The SMILES string of the molecule is CC(C)(C)N1CC(n2nccc2Br)C1. The van der Waals surface area contributed by atoms with Crippen LogP contribution in [0, 0.1) is 0 Å². The van der Waals surface area contributed by atoms with Crippen LogP contribution in [0.25, 0.3) is 0 Å². The van der Waals surface area contributed by atoms with Crippen LogP contribution in [0.5, 0.6) is 0 Å². The first-order chi connectivity index (χ1) is 6.48. The van der Waals surface area contributed by atoms with Gasteiger partial charge < -0.3 is 0 Å². The predicted molar refractivity (Wildman–Crippen MR) is 60.3 cm³/mol. The molecule has 1 aromatic heterocycles. The molecular formula is C10H16BrN3. The van der Waals surface area contributed by atoms with E-state index in [1.165, 1.54) is 0 Å². The molecule has 3 nitrogen and oxygen atoms in total. The first-order valence-electron chi connectivity index (χ1n) is 4.92. The molecule has 1 saturated heterocycles. The van der Waals surface area contributed by atoms with Gasteiger partial charge in [-0.05, 0) is 42.8 Å². The van der Waals surface area contributed by atoms with Crippen LogP contribution in [-0.4, -0.2) is 33.3 Å². The molecule has 1 aliphatic rings. The highest BCUT2D eigenvalue weighted by Crippen LogP contribution is 2.29. The maximum atomic E-state index is 4.30. The molecule has 0 amide bonds. The molecule has 1 fully saturated rings. The quantitative estimate of drug-likeness (QED) is 0.770. The lowest BCUT2D eigenvalue weighted by molar-refractivity contribution is 0.0145. The Morgan fingerprint density at radius 1 is 1.43 bits per heavy atom. The minimum Gasteiger partial charge on any atom is -0.294 e. The van der Waals surface area contributed by atoms with E-state index in [0.717, 1.165) is 17.7 Å². The molecule has 2 rings (SSSR count). The maximum Gasteiger partial charge on any atom is 0.104 e. The average molecular weight is 258 g/mol. The van der Waals surface area contributed by atoms with Crippen molar-refractivity contribution in [2.75, 3.05) is 13.1 Å². The molecule has 1 aliphatic heterocycles. The third-order valence-corrected chi connectivity index (χ3v) is 3.41. The van der Waals surface area contributed by atoms with Crippen LogP contribution in [0.3, 0.4) is 0 Å². The van der Waals surface area contributed by atoms with Gasteiger partial charge in [-0.1, -0.05) is 0 Å². The first kappa shape index (κ1) is 10.2. The Bertz CT molecular complexity index is 320. The summed E-state index contributed by atoms with van der Waals surface area (Å²) in [5.41, 5.74) is 0.288. The molecule has 78 valence electrons. The van der Waals surface area contributed by atoms with Gasteiger partial charge in [-0.15, -0.1) is 0 Å². The fourth-order valence-corrected chi connectivity index (χ4v) is 2.22. The van der Waals surface area contributed by atoms with E-state index in [1.54, 1.807) is 0 Å². The van der Waals surface area contributed by atoms with E-state index in [-0.39, 0.29) is 5.54 Å². The number of likely N-dealkylation sites (tertiary alicyclic amines) is 1. The normalized spacial score (nSPS) is 19.7. The van der Waals surface area contributed by atoms with Gasteiger partial charge in [0.15, 0.2) is 0 Å². The minimum absolute atomic E-state index is 0.288. The second-order valence-corrected chi connectivity index (χ2v) is 5.64. The van der Waals surface area contributed by atoms with Crippen molar-refractivity contribution in [1.29, 1.82) is 0 Å². The van der Waals surface area contributed by atoms with E-state index in [9.17, 15) is 0 Å². The van der Waals surface area contributed by atoms with Crippen LogP contribution in [0.1, 0.15) is 26.8 Å². The molecule has 1 aromatic rings. The second-order valence-electron chi connectivity index (χ2n) is 4.83. The van der Waals surface area contributed by atoms with Crippen molar-refractivity contribution in [3.8, 4) is 0 Å². The van der Waals surface area contributed by atoms with Crippen LogP contribution in [0.4, 0.5) is 0 Å². The fourth-order valence-electron chi connectivity index (χ4n) is 1.72. The number of rotatable bonds is 1. The van der Waals surface area contributed by atoms with E-state index < -0.39 is 0 Å². The highest BCUT2D eigenvalue weighted by atomic mass is 79.9. The van der Waals surface area contributed by atoms with Gasteiger partial charge in [0, 0.05) is 18.6 Å². The summed E-state index contributed by atoms with van der Waals surface area (Å²) in [5, 5.41) is 4.30. The molecule has 0 N–H and O–H groups in total. The summed E-state index contributed by atoms with van der Waals surface area (Å²) in [6.45, 7) is 8.96. The Morgan fingerprint density at radius 3 is 2.50 bits per heavy atom. The van der Waals surface area contributed by atoms with Crippen molar-refractivity contribution in [1.82, 2.24) is 14.7 Å². The molecule has 0 aliphatic carbocycles.